The molecule has 0 aliphatic rings. The molecular weight excluding hydrogens is 286 g/mol. The Labute approximate surface area is 128 Å². The van der Waals surface area contributed by atoms with Gasteiger partial charge in [0.15, 0.2) is 0 Å². The SMILES string of the molecule is CCCNC(CC)c1ccc(N(C)CCS(C)(=O)=O)cn1. The van der Waals surface area contributed by atoms with E-state index in [0.29, 0.717) is 6.54 Å². The highest BCUT2D eigenvalue weighted by Gasteiger charge is 2.11. The van der Waals surface area contributed by atoms with E-state index < -0.39 is 9.84 Å². The number of rotatable bonds is 9. The van der Waals surface area contributed by atoms with Gasteiger partial charge in [0.05, 0.1) is 23.3 Å². The molecule has 0 spiro atoms. The van der Waals surface area contributed by atoms with Crippen molar-refractivity contribution in [1.82, 2.24) is 10.3 Å². The smallest absolute Gasteiger partial charge is 0.149 e. The van der Waals surface area contributed by atoms with Crippen molar-refractivity contribution in [1.29, 1.82) is 0 Å². The predicted octanol–water partition coefficient (Wildman–Crippen LogP) is 2.01. The van der Waals surface area contributed by atoms with Crippen molar-refractivity contribution < 1.29 is 8.42 Å². The molecule has 120 valence electrons. The highest BCUT2D eigenvalue weighted by atomic mass is 32.2. The summed E-state index contributed by atoms with van der Waals surface area (Å²) in [6, 6.07) is 4.30. The molecule has 1 heterocycles. The zero-order chi connectivity index (χ0) is 15.9. The van der Waals surface area contributed by atoms with Crippen LogP contribution in [0.5, 0.6) is 0 Å². The Hall–Kier alpha value is -1.14. The van der Waals surface area contributed by atoms with Crippen LogP contribution in [-0.4, -0.2) is 45.5 Å². The van der Waals surface area contributed by atoms with Crippen LogP contribution in [0.4, 0.5) is 5.69 Å². The van der Waals surface area contributed by atoms with E-state index in [-0.39, 0.29) is 11.8 Å². The molecule has 1 unspecified atom stereocenters. The van der Waals surface area contributed by atoms with E-state index in [0.717, 1.165) is 30.8 Å². The first-order valence-electron chi connectivity index (χ1n) is 7.45. The summed E-state index contributed by atoms with van der Waals surface area (Å²) in [5, 5.41) is 3.47. The van der Waals surface area contributed by atoms with Crippen molar-refractivity contribution in [3.8, 4) is 0 Å². The van der Waals surface area contributed by atoms with Crippen molar-refractivity contribution in [2.24, 2.45) is 0 Å². The standard InChI is InChI=1S/C15H27N3O2S/c1-5-9-16-14(6-2)15-8-7-13(12-17-15)18(3)10-11-21(4,19)20/h7-8,12,14,16H,5-6,9-11H2,1-4H3. The maximum absolute atomic E-state index is 11.2. The minimum absolute atomic E-state index is 0.154. The van der Waals surface area contributed by atoms with Crippen LogP contribution >= 0.6 is 0 Å². The molecule has 0 saturated carbocycles. The highest BCUT2D eigenvalue weighted by Crippen LogP contribution is 2.18. The van der Waals surface area contributed by atoms with Crippen molar-refractivity contribution in [2.45, 2.75) is 32.7 Å². The predicted molar refractivity (Wildman–Crippen MR) is 88.5 cm³/mol. The fourth-order valence-corrected chi connectivity index (χ4v) is 2.64. The summed E-state index contributed by atoms with van der Waals surface area (Å²) in [6.07, 6.45) is 5.17. The van der Waals surface area contributed by atoms with Crippen LogP contribution < -0.4 is 10.2 Å². The minimum Gasteiger partial charge on any atom is -0.372 e. The topological polar surface area (TPSA) is 62.3 Å². The first-order chi connectivity index (χ1) is 9.87. The van der Waals surface area contributed by atoms with Gasteiger partial charge in [0, 0.05) is 25.9 Å². The number of hydrogen-bond donors (Lipinski definition) is 1. The normalized spacial score (nSPS) is 13.1. The van der Waals surface area contributed by atoms with E-state index in [9.17, 15) is 8.42 Å². The number of hydrogen-bond acceptors (Lipinski definition) is 5. The highest BCUT2D eigenvalue weighted by molar-refractivity contribution is 7.90. The maximum atomic E-state index is 11.2. The van der Waals surface area contributed by atoms with Crippen LogP contribution in [0.2, 0.25) is 0 Å². The number of anilines is 1. The number of aromatic nitrogens is 1. The monoisotopic (exact) mass is 313 g/mol. The number of pyridine rings is 1. The van der Waals surface area contributed by atoms with Gasteiger partial charge in [-0.3, -0.25) is 4.98 Å². The van der Waals surface area contributed by atoms with E-state index in [1.54, 1.807) is 0 Å². The lowest BCUT2D eigenvalue weighted by Crippen LogP contribution is -2.25. The maximum Gasteiger partial charge on any atom is 0.149 e. The van der Waals surface area contributed by atoms with Crippen LogP contribution in [0.25, 0.3) is 0 Å². The van der Waals surface area contributed by atoms with E-state index in [2.05, 4.69) is 24.1 Å². The molecule has 0 saturated heterocycles. The average molecular weight is 313 g/mol. The lowest BCUT2D eigenvalue weighted by Gasteiger charge is -2.20. The Morgan fingerprint density at radius 3 is 2.52 bits per heavy atom. The van der Waals surface area contributed by atoms with Gasteiger partial charge in [0.25, 0.3) is 0 Å². The first-order valence-corrected chi connectivity index (χ1v) is 9.51. The first kappa shape index (κ1) is 17.9. The van der Waals surface area contributed by atoms with Crippen LogP contribution in [0.3, 0.4) is 0 Å². The van der Waals surface area contributed by atoms with Gasteiger partial charge in [0.1, 0.15) is 9.84 Å². The molecule has 1 N–H and O–H groups in total. The molecule has 0 radical (unpaired) electrons. The summed E-state index contributed by atoms with van der Waals surface area (Å²) in [5.74, 6) is 0.154. The Balaban J connectivity index is 2.67. The van der Waals surface area contributed by atoms with Gasteiger partial charge in [-0.2, -0.15) is 0 Å². The van der Waals surface area contributed by atoms with Crippen LogP contribution in [0.15, 0.2) is 18.3 Å². The van der Waals surface area contributed by atoms with Crippen molar-refractivity contribution in [3.63, 3.8) is 0 Å². The Morgan fingerprint density at radius 1 is 1.33 bits per heavy atom. The second kappa shape index (κ2) is 8.34. The van der Waals surface area contributed by atoms with E-state index in [1.807, 2.05) is 30.3 Å². The molecule has 1 atom stereocenters. The van der Waals surface area contributed by atoms with Gasteiger partial charge in [-0.15, -0.1) is 0 Å². The zero-order valence-electron chi connectivity index (χ0n) is 13.5. The van der Waals surface area contributed by atoms with Crippen molar-refractivity contribution >= 4 is 15.5 Å². The lowest BCUT2D eigenvalue weighted by atomic mass is 10.1. The largest absolute Gasteiger partial charge is 0.372 e. The van der Waals surface area contributed by atoms with Gasteiger partial charge in [-0.1, -0.05) is 13.8 Å². The van der Waals surface area contributed by atoms with Gasteiger partial charge in [0.2, 0.25) is 0 Å². The Morgan fingerprint density at radius 2 is 2.05 bits per heavy atom. The molecule has 0 aliphatic heterocycles. The molecule has 0 bridgehead atoms. The third-order valence-electron chi connectivity index (χ3n) is 3.42. The van der Waals surface area contributed by atoms with Gasteiger partial charge in [-0.05, 0) is 31.5 Å². The van der Waals surface area contributed by atoms with Crippen molar-refractivity contribution in [2.75, 3.05) is 37.0 Å². The van der Waals surface area contributed by atoms with Gasteiger partial charge < -0.3 is 10.2 Å². The second-order valence-corrected chi connectivity index (χ2v) is 7.67. The summed E-state index contributed by atoms with van der Waals surface area (Å²) in [5.41, 5.74) is 1.97. The third kappa shape index (κ3) is 6.44. The second-order valence-electron chi connectivity index (χ2n) is 5.41. The molecular formula is C15H27N3O2S. The Bertz CT molecular complexity index is 514. The minimum atomic E-state index is -2.94. The van der Waals surface area contributed by atoms with Crippen LogP contribution in [0, 0.1) is 0 Å². The molecule has 1 aromatic rings. The van der Waals surface area contributed by atoms with Gasteiger partial charge >= 0.3 is 0 Å². The molecule has 5 nitrogen and oxygen atoms in total. The molecule has 6 heteroatoms. The third-order valence-corrected chi connectivity index (χ3v) is 4.34. The molecule has 1 rings (SSSR count). The van der Waals surface area contributed by atoms with Crippen LogP contribution in [-0.2, 0) is 9.84 Å². The molecule has 0 aromatic carbocycles. The molecule has 0 amide bonds. The molecule has 0 aliphatic carbocycles. The summed E-state index contributed by atoms with van der Waals surface area (Å²) in [7, 11) is -1.05. The fraction of sp³-hybridized carbons (Fsp3) is 0.667. The molecule has 0 fully saturated rings. The van der Waals surface area contributed by atoms with Crippen LogP contribution in [0.1, 0.15) is 38.4 Å². The number of nitrogens with one attached hydrogen (secondary N) is 1. The molecule has 1 aromatic heterocycles. The van der Waals surface area contributed by atoms with Crippen molar-refractivity contribution in [3.05, 3.63) is 24.0 Å². The van der Waals surface area contributed by atoms with Gasteiger partial charge in [-0.25, -0.2) is 8.42 Å². The Kier molecular flexibility index (Phi) is 7.11. The summed E-state index contributed by atoms with van der Waals surface area (Å²) in [6.45, 7) is 5.75. The number of nitrogens with zero attached hydrogens (tertiary/aromatic N) is 2. The lowest BCUT2D eigenvalue weighted by molar-refractivity contribution is 0.507. The average Bonchev–Trinajstić information content (AvgIpc) is 2.45. The van der Waals surface area contributed by atoms with E-state index in [4.69, 9.17) is 0 Å². The summed E-state index contributed by atoms with van der Waals surface area (Å²) in [4.78, 5) is 6.43. The fourth-order valence-electron chi connectivity index (χ4n) is 2.04. The van der Waals surface area contributed by atoms with E-state index >= 15 is 0 Å². The zero-order valence-corrected chi connectivity index (χ0v) is 14.3. The summed E-state index contributed by atoms with van der Waals surface area (Å²) < 4.78 is 22.4. The molecule has 21 heavy (non-hydrogen) atoms. The van der Waals surface area contributed by atoms with E-state index in [1.165, 1.54) is 6.26 Å². The summed E-state index contributed by atoms with van der Waals surface area (Å²) >= 11 is 0. The quantitative estimate of drug-likeness (QED) is 0.755. The number of sulfone groups is 1.